The van der Waals surface area contributed by atoms with E-state index in [1.165, 1.54) is 5.56 Å². The number of rotatable bonds is 5. The summed E-state index contributed by atoms with van der Waals surface area (Å²) in [5, 5.41) is 7.12. The summed E-state index contributed by atoms with van der Waals surface area (Å²) in [7, 11) is 0. The molecule has 0 fully saturated rings. The van der Waals surface area contributed by atoms with Crippen LogP contribution < -0.4 is 16.2 Å². The molecule has 8 heteroatoms. The minimum absolute atomic E-state index is 0.133. The third-order valence-electron chi connectivity index (χ3n) is 5.81. The monoisotopic (exact) mass is 441 g/mol. The highest BCUT2D eigenvalue weighted by Gasteiger charge is 2.20. The molecular formula is C25H27N7O. The van der Waals surface area contributed by atoms with Crippen LogP contribution in [0.25, 0.3) is 16.7 Å². The number of pyridine rings is 1. The number of fused-ring (bicyclic) bond motifs is 2. The Kier molecular flexibility index (Phi) is 5.00. The topological polar surface area (TPSA) is 89.7 Å². The van der Waals surface area contributed by atoms with Crippen molar-refractivity contribution in [2.24, 2.45) is 0 Å². The summed E-state index contributed by atoms with van der Waals surface area (Å²) in [6, 6.07) is 10.1. The Hall–Kier alpha value is -3.94. The standard InChI is InChI=1S/C25H27N7O/c1-5-12-31-23(33)19-15-28-24(29-17-7-6-16-8-10-26-20(16)13-17)30-22(19)32(31)18-9-11-27-21(14-18)25(2,3)4/h5-7,9,11,13-15,26H,1,8,10,12H2,2-4H3,(H,28,29,30). The van der Waals surface area contributed by atoms with Gasteiger partial charge in [-0.3, -0.25) is 9.78 Å². The first-order valence-electron chi connectivity index (χ1n) is 11.1. The molecule has 0 amide bonds. The van der Waals surface area contributed by atoms with Gasteiger partial charge in [-0.1, -0.05) is 32.9 Å². The van der Waals surface area contributed by atoms with Gasteiger partial charge in [-0.25, -0.2) is 14.3 Å². The Morgan fingerprint density at radius 3 is 2.85 bits per heavy atom. The second kappa shape index (κ2) is 7.88. The van der Waals surface area contributed by atoms with Crippen molar-refractivity contribution >= 4 is 28.4 Å². The van der Waals surface area contributed by atoms with Crippen LogP contribution in [0.15, 0.2) is 60.2 Å². The van der Waals surface area contributed by atoms with Crippen molar-refractivity contribution in [1.82, 2.24) is 24.3 Å². The molecule has 4 heterocycles. The van der Waals surface area contributed by atoms with Gasteiger partial charge < -0.3 is 10.6 Å². The molecule has 0 atom stereocenters. The van der Waals surface area contributed by atoms with Gasteiger partial charge in [0.1, 0.15) is 5.39 Å². The number of aromatic nitrogens is 5. The summed E-state index contributed by atoms with van der Waals surface area (Å²) in [4.78, 5) is 26.8. The Labute approximate surface area is 192 Å². The molecule has 168 valence electrons. The van der Waals surface area contributed by atoms with Crippen molar-refractivity contribution in [3.8, 4) is 5.69 Å². The fourth-order valence-electron chi connectivity index (χ4n) is 4.10. The van der Waals surface area contributed by atoms with Gasteiger partial charge >= 0.3 is 0 Å². The van der Waals surface area contributed by atoms with Crippen LogP contribution in [0.2, 0.25) is 0 Å². The van der Waals surface area contributed by atoms with E-state index in [1.807, 2.05) is 22.9 Å². The number of hydrogen-bond donors (Lipinski definition) is 2. The lowest BCUT2D eigenvalue weighted by Gasteiger charge is -2.19. The van der Waals surface area contributed by atoms with Crippen molar-refractivity contribution in [3.05, 3.63) is 77.0 Å². The predicted octanol–water partition coefficient (Wildman–Crippen LogP) is 4.17. The quantitative estimate of drug-likeness (QED) is 0.452. The van der Waals surface area contributed by atoms with E-state index in [1.54, 1.807) is 23.2 Å². The molecule has 1 aliphatic heterocycles. The van der Waals surface area contributed by atoms with E-state index in [-0.39, 0.29) is 11.0 Å². The van der Waals surface area contributed by atoms with Crippen LogP contribution >= 0.6 is 0 Å². The zero-order valence-corrected chi connectivity index (χ0v) is 19.1. The lowest BCUT2D eigenvalue weighted by Crippen LogP contribution is -2.22. The molecule has 0 unspecified atom stereocenters. The Morgan fingerprint density at radius 1 is 1.21 bits per heavy atom. The molecule has 3 aromatic heterocycles. The average molecular weight is 442 g/mol. The average Bonchev–Trinajstić information content (AvgIpc) is 3.36. The largest absolute Gasteiger partial charge is 0.384 e. The molecular weight excluding hydrogens is 414 g/mol. The van der Waals surface area contributed by atoms with E-state index >= 15 is 0 Å². The third kappa shape index (κ3) is 3.77. The fraction of sp³-hybridized carbons (Fsp3) is 0.280. The van der Waals surface area contributed by atoms with Gasteiger partial charge in [0.05, 0.1) is 12.2 Å². The molecule has 0 radical (unpaired) electrons. The molecule has 0 saturated heterocycles. The molecule has 8 nitrogen and oxygen atoms in total. The van der Waals surface area contributed by atoms with Crippen LogP contribution in [0.5, 0.6) is 0 Å². The molecule has 0 aliphatic carbocycles. The van der Waals surface area contributed by atoms with Crippen LogP contribution in [0.4, 0.5) is 17.3 Å². The highest BCUT2D eigenvalue weighted by atomic mass is 16.1. The smallest absolute Gasteiger partial charge is 0.278 e. The number of benzene rings is 1. The maximum absolute atomic E-state index is 13.2. The molecule has 0 saturated carbocycles. The molecule has 0 bridgehead atoms. The molecule has 2 N–H and O–H groups in total. The van der Waals surface area contributed by atoms with Crippen molar-refractivity contribution in [2.75, 3.05) is 17.2 Å². The fourth-order valence-corrected chi connectivity index (χ4v) is 4.10. The number of anilines is 3. The van der Waals surface area contributed by atoms with E-state index in [2.05, 4.69) is 60.1 Å². The summed E-state index contributed by atoms with van der Waals surface area (Å²) < 4.78 is 3.45. The van der Waals surface area contributed by atoms with Gasteiger partial charge in [-0.15, -0.1) is 6.58 Å². The SMILES string of the molecule is C=CCn1c(=O)c2cnc(Nc3ccc4c(c3)NCC4)nc2n1-c1ccnc(C(C)(C)C)c1. The van der Waals surface area contributed by atoms with Crippen LogP contribution in [-0.2, 0) is 18.4 Å². The second-order valence-electron chi connectivity index (χ2n) is 9.24. The highest BCUT2D eigenvalue weighted by molar-refractivity contribution is 5.77. The molecule has 5 rings (SSSR count). The second-order valence-corrected chi connectivity index (χ2v) is 9.24. The van der Waals surface area contributed by atoms with Gasteiger partial charge in [0, 0.05) is 41.4 Å². The maximum Gasteiger partial charge on any atom is 0.278 e. The van der Waals surface area contributed by atoms with Crippen molar-refractivity contribution in [3.63, 3.8) is 0 Å². The molecule has 0 spiro atoms. The van der Waals surface area contributed by atoms with E-state index in [4.69, 9.17) is 4.98 Å². The van der Waals surface area contributed by atoms with E-state index < -0.39 is 0 Å². The first kappa shape index (κ1) is 20.9. The van der Waals surface area contributed by atoms with Crippen molar-refractivity contribution < 1.29 is 0 Å². The maximum atomic E-state index is 13.2. The molecule has 1 aliphatic rings. The van der Waals surface area contributed by atoms with Crippen LogP contribution in [0.1, 0.15) is 32.0 Å². The number of allylic oxidation sites excluding steroid dienone is 1. The van der Waals surface area contributed by atoms with Crippen molar-refractivity contribution in [2.45, 2.75) is 39.2 Å². The van der Waals surface area contributed by atoms with Gasteiger partial charge in [-0.05, 0) is 36.2 Å². The number of nitrogens with zero attached hydrogens (tertiary/aromatic N) is 5. The zero-order chi connectivity index (χ0) is 23.2. The summed E-state index contributed by atoms with van der Waals surface area (Å²) in [6.45, 7) is 11.5. The van der Waals surface area contributed by atoms with Crippen LogP contribution in [0.3, 0.4) is 0 Å². The molecule has 33 heavy (non-hydrogen) atoms. The summed E-state index contributed by atoms with van der Waals surface area (Å²) in [5.41, 5.74) is 5.30. The lowest BCUT2D eigenvalue weighted by molar-refractivity contribution is 0.563. The predicted molar refractivity (Wildman–Crippen MR) is 132 cm³/mol. The van der Waals surface area contributed by atoms with E-state index in [9.17, 15) is 4.79 Å². The van der Waals surface area contributed by atoms with E-state index in [0.29, 0.717) is 23.5 Å². The summed E-state index contributed by atoms with van der Waals surface area (Å²) in [5.74, 6) is 0.426. The van der Waals surface area contributed by atoms with Crippen LogP contribution in [-0.4, -0.2) is 30.9 Å². The Bertz CT molecular complexity index is 1430. The normalized spacial score (nSPS) is 13.1. The molecule has 1 aromatic carbocycles. The van der Waals surface area contributed by atoms with Crippen LogP contribution in [0, 0.1) is 0 Å². The van der Waals surface area contributed by atoms with E-state index in [0.717, 1.165) is 35.7 Å². The molecule has 4 aromatic rings. The minimum atomic E-state index is -0.160. The minimum Gasteiger partial charge on any atom is -0.384 e. The number of nitrogens with one attached hydrogen (secondary N) is 2. The Balaban J connectivity index is 1.64. The summed E-state index contributed by atoms with van der Waals surface area (Å²) >= 11 is 0. The Morgan fingerprint density at radius 2 is 2.06 bits per heavy atom. The van der Waals surface area contributed by atoms with Gasteiger partial charge in [0.2, 0.25) is 5.95 Å². The van der Waals surface area contributed by atoms with Gasteiger partial charge in [-0.2, -0.15) is 4.98 Å². The van der Waals surface area contributed by atoms with Crippen molar-refractivity contribution in [1.29, 1.82) is 0 Å². The van der Waals surface area contributed by atoms with Gasteiger partial charge in [0.15, 0.2) is 5.65 Å². The first-order valence-corrected chi connectivity index (χ1v) is 11.1. The lowest BCUT2D eigenvalue weighted by atomic mass is 9.91. The summed E-state index contributed by atoms with van der Waals surface area (Å²) in [6.07, 6.45) is 6.08. The number of hydrogen-bond acceptors (Lipinski definition) is 6. The highest BCUT2D eigenvalue weighted by Crippen LogP contribution is 2.28. The zero-order valence-electron chi connectivity index (χ0n) is 19.1. The van der Waals surface area contributed by atoms with Gasteiger partial charge in [0.25, 0.3) is 5.56 Å². The third-order valence-corrected chi connectivity index (χ3v) is 5.81. The first-order chi connectivity index (χ1) is 15.8.